The van der Waals surface area contributed by atoms with Crippen LogP contribution >= 0.6 is 11.6 Å². The standard InChI is InChI=1S/C8H9ClO2/c1-5(10)6-3-2-4-7(9)8(6)11/h2-5,10-11H,1H3/t5-/m0/s1. The Balaban J connectivity index is 3.17. The molecule has 0 saturated heterocycles. The molecule has 0 bridgehead atoms. The molecule has 0 aliphatic rings. The summed E-state index contributed by atoms with van der Waals surface area (Å²) in [6, 6.07) is 4.89. The van der Waals surface area contributed by atoms with Crippen molar-refractivity contribution in [2.75, 3.05) is 0 Å². The molecule has 1 atom stereocenters. The van der Waals surface area contributed by atoms with Crippen LogP contribution in [-0.2, 0) is 0 Å². The van der Waals surface area contributed by atoms with Gasteiger partial charge < -0.3 is 10.2 Å². The van der Waals surface area contributed by atoms with Crippen LogP contribution in [0.4, 0.5) is 0 Å². The summed E-state index contributed by atoms with van der Waals surface area (Å²) < 4.78 is 0. The van der Waals surface area contributed by atoms with Gasteiger partial charge >= 0.3 is 0 Å². The lowest BCUT2D eigenvalue weighted by Crippen LogP contribution is -1.90. The van der Waals surface area contributed by atoms with Crippen LogP contribution in [0.5, 0.6) is 5.75 Å². The topological polar surface area (TPSA) is 40.5 Å². The lowest BCUT2D eigenvalue weighted by Gasteiger charge is -2.07. The van der Waals surface area contributed by atoms with Gasteiger partial charge in [-0.15, -0.1) is 0 Å². The quantitative estimate of drug-likeness (QED) is 0.681. The maximum absolute atomic E-state index is 9.28. The predicted molar refractivity (Wildman–Crippen MR) is 43.8 cm³/mol. The third-order valence-electron chi connectivity index (χ3n) is 1.47. The van der Waals surface area contributed by atoms with Crippen molar-refractivity contribution in [3.63, 3.8) is 0 Å². The van der Waals surface area contributed by atoms with Gasteiger partial charge in [0.1, 0.15) is 5.75 Å². The first-order chi connectivity index (χ1) is 5.13. The number of benzene rings is 1. The summed E-state index contributed by atoms with van der Waals surface area (Å²) >= 11 is 5.60. The molecule has 0 aliphatic carbocycles. The van der Waals surface area contributed by atoms with E-state index in [0.717, 1.165) is 0 Å². The van der Waals surface area contributed by atoms with Crippen LogP contribution in [0.3, 0.4) is 0 Å². The van der Waals surface area contributed by atoms with Crippen LogP contribution in [0.25, 0.3) is 0 Å². The zero-order chi connectivity index (χ0) is 8.43. The summed E-state index contributed by atoms with van der Waals surface area (Å²) in [5.74, 6) is -0.0378. The highest BCUT2D eigenvalue weighted by Gasteiger charge is 2.08. The largest absolute Gasteiger partial charge is 0.506 e. The monoisotopic (exact) mass is 172 g/mol. The first kappa shape index (κ1) is 8.37. The molecular formula is C8H9ClO2. The first-order valence-electron chi connectivity index (χ1n) is 3.28. The number of phenols is 1. The smallest absolute Gasteiger partial charge is 0.139 e. The van der Waals surface area contributed by atoms with E-state index in [1.807, 2.05) is 0 Å². The molecule has 2 N–H and O–H groups in total. The number of halogens is 1. The summed E-state index contributed by atoms with van der Waals surface area (Å²) in [6.07, 6.45) is -0.686. The first-order valence-corrected chi connectivity index (χ1v) is 3.66. The fraction of sp³-hybridized carbons (Fsp3) is 0.250. The van der Waals surface area contributed by atoms with Crippen molar-refractivity contribution in [2.45, 2.75) is 13.0 Å². The number of para-hydroxylation sites is 1. The van der Waals surface area contributed by atoms with E-state index in [4.69, 9.17) is 16.7 Å². The van der Waals surface area contributed by atoms with Crippen molar-refractivity contribution in [1.29, 1.82) is 0 Å². The molecule has 0 unspecified atom stereocenters. The molecule has 60 valence electrons. The molecule has 1 rings (SSSR count). The lowest BCUT2D eigenvalue weighted by molar-refractivity contribution is 0.195. The van der Waals surface area contributed by atoms with Crippen LogP contribution in [0.15, 0.2) is 18.2 Å². The van der Waals surface area contributed by atoms with Crippen molar-refractivity contribution < 1.29 is 10.2 Å². The van der Waals surface area contributed by atoms with Gasteiger partial charge in [0.05, 0.1) is 11.1 Å². The van der Waals surface area contributed by atoms with E-state index in [-0.39, 0.29) is 10.8 Å². The normalized spacial score (nSPS) is 13.0. The molecule has 1 aromatic rings. The van der Waals surface area contributed by atoms with Gasteiger partial charge in [-0.25, -0.2) is 0 Å². The molecule has 0 radical (unpaired) electrons. The van der Waals surface area contributed by atoms with Gasteiger partial charge in [-0.1, -0.05) is 23.7 Å². The molecule has 0 aromatic heterocycles. The molecule has 2 nitrogen and oxygen atoms in total. The molecule has 11 heavy (non-hydrogen) atoms. The second kappa shape index (κ2) is 3.11. The predicted octanol–water partition coefficient (Wildman–Crippen LogP) is 2.10. The highest BCUT2D eigenvalue weighted by atomic mass is 35.5. The second-order valence-electron chi connectivity index (χ2n) is 2.35. The number of aromatic hydroxyl groups is 1. The Morgan fingerprint density at radius 3 is 2.55 bits per heavy atom. The summed E-state index contributed by atoms with van der Waals surface area (Å²) in [5.41, 5.74) is 0.456. The van der Waals surface area contributed by atoms with Crippen molar-refractivity contribution in [2.24, 2.45) is 0 Å². The van der Waals surface area contributed by atoms with Gasteiger partial charge in [0, 0.05) is 5.56 Å². The highest BCUT2D eigenvalue weighted by Crippen LogP contribution is 2.30. The average molecular weight is 173 g/mol. The van der Waals surface area contributed by atoms with Crippen LogP contribution in [0.1, 0.15) is 18.6 Å². The van der Waals surface area contributed by atoms with E-state index in [2.05, 4.69) is 0 Å². The van der Waals surface area contributed by atoms with Crippen LogP contribution in [-0.4, -0.2) is 10.2 Å². The van der Waals surface area contributed by atoms with Crippen molar-refractivity contribution in [3.8, 4) is 5.75 Å². The highest BCUT2D eigenvalue weighted by molar-refractivity contribution is 6.32. The minimum atomic E-state index is -0.686. The maximum atomic E-state index is 9.28. The van der Waals surface area contributed by atoms with E-state index in [0.29, 0.717) is 5.56 Å². The van der Waals surface area contributed by atoms with Crippen LogP contribution in [0, 0.1) is 0 Å². The summed E-state index contributed by atoms with van der Waals surface area (Å²) in [6.45, 7) is 1.57. The summed E-state index contributed by atoms with van der Waals surface area (Å²) in [5, 5.41) is 18.7. The Labute approximate surface area is 70.1 Å². The number of hydrogen-bond donors (Lipinski definition) is 2. The zero-order valence-corrected chi connectivity index (χ0v) is 6.84. The number of phenolic OH excluding ortho intramolecular Hbond substituents is 1. The molecule has 0 spiro atoms. The molecule has 0 heterocycles. The number of hydrogen-bond acceptors (Lipinski definition) is 2. The van der Waals surface area contributed by atoms with E-state index in [1.165, 1.54) is 0 Å². The molecule has 0 saturated carbocycles. The molecule has 1 aromatic carbocycles. The summed E-state index contributed by atoms with van der Waals surface area (Å²) in [4.78, 5) is 0. The Morgan fingerprint density at radius 1 is 1.45 bits per heavy atom. The fourth-order valence-corrected chi connectivity index (χ4v) is 1.05. The second-order valence-corrected chi connectivity index (χ2v) is 2.76. The Morgan fingerprint density at radius 2 is 2.09 bits per heavy atom. The third-order valence-corrected chi connectivity index (χ3v) is 1.77. The van der Waals surface area contributed by atoms with Gasteiger partial charge in [0.2, 0.25) is 0 Å². The van der Waals surface area contributed by atoms with E-state index < -0.39 is 6.10 Å². The number of aliphatic hydroxyl groups is 1. The van der Waals surface area contributed by atoms with Crippen molar-refractivity contribution >= 4 is 11.6 Å². The van der Waals surface area contributed by atoms with Crippen LogP contribution in [0.2, 0.25) is 5.02 Å². The zero-order valence-electron chi connectivity index (χ0n) is 6.08. The molecule has 0 fully saturated rings. The van der Waals surface area contributed by atoms with Gasteiger partial charge in [-0.05, 0) is 13.0 Å². The van der Waals surface area contributed by atoms with Crippen molar-refractivity contribution in [3.05, 3.63) is 28.8 Å². The minimum Gasteiger partial charge on any atom is -0.506 e. The van der Waals surface area contributed by atoms with Crippen molar-refractivity contribution in [1.82, 2.24) is 0 Å². The average Bonchev–Trinajstić information content (AvgIpc) is 1.94. The molecular weight excluding hydrogens is 164 g/mol. The van der Waals surface area contributed by atoms with Gasteiger partial charge in [0.25, 0.3) is 0 Å². The number of rotatable bonds is 1. The summed E-state index contributed by atoms with van der Waals surface area (Å²) in [7, 11) is 0. The van der Waals surface area contributed by atoms with E-state index >= 15 is 0 Å². The van der Waals surface area contributed by atoms with Gasteiger partial charge in [-0.3, -0.25) is 0 Å². The minimum absolute atomic E-state index is 0.0378. The molecule has 0 aliphatic heterocycles. The fourth-order valence-electron chi connectivity index (χ4n) is 0.869. The third kappa shape index (κ3) is 1.64. The maximum Gasteiger partial charge on any atom is 0.139 e. The van der Waals surface area contributed by atoms with Crippen LogP contribution < -0.4 is 0 Å². The van der Waals surface area contributed by atoms with Gasteiger partial charge in [0.15, 0.2) is 0 Å². The Kier molecular flexibility index (Phi) is 2.37. The van der Waals surface area contributed by atoms with E-state index in [9.17, 15) is 5.11 Å². The molecule has 3 heteroatoms. The Bertz CT molecular complexity index is 258. The van der Waals surface area contributed by atoms with E-state index in [1.54, 1.807) is 25.1 Å². The lowest BCUT2D eigenvalue weighted by atomic mass is 10.1. The molecule has 0 amide bonds. The number of aliphatic hydroxyl groups excluding tert-OH is 1. The SMILES string of the molecule is C[C@H](O)c1cccc(Cl)c1O. The Hall–Kier alpha value is -0.730. The van der Waals surface area contributed by atoms with Gasteiger partial charge in [-0.2, -0.15) is 0 Å².